The molecule has 1 aromatic rings. The van der Waals surface area contributed by atoms with Crippen molar-refractivity contribution in [3.8, 4) is 0 Å². The van der Waals surface area contributed by atoms with E-state index in [0.717, 1.165) is 0 Å². The van der Waals surface area contributed by atoms with Crippen LogP contribution >= 0.6 is 0 Å². The number of hydrogen-bond acceptors (Lipinski definition) is 4. The first-order valence-electron chi connectivity index (χ1n) is 3.65. The highest BCUT2D eigenvalue weighted by molar-refractivity contribution is 5.57. The van der Waals surface area contributed by atoms with Crippen molar-refractivity contribution in [1.29, 1.82) is 0 Å². The van der Waals surface area contributed by atoms with Crippen LogP contribution in [0.2, 0.25) is 0 Å². The molecule has 0 radical (unpaired) electrons. The van der Waals surface area contributed by atoms with Crippen molar-refractivity contribution in [3.05, 3.63) is 30.1 Å². The van der Waals surface area contributed by atoms with Gasteiger partial charge < -0.3 is 9.84 Å². The molecule has 13 heavy (non-hydrogen) atoms. The first-order valence-corrected chi connectivity index (χ1v) is 3.65. The zero-order chi connectivity index (χ0) is 9.90. The second-order valence-corrected chi connectivity index (χ2v) is 2.69. The summed E-state index contributed by atoms with van der Waals surface area (Å²) in [6, 6.07) is 5.02. The number of hydrogen-bond donors (Lipinski definition) is 2. The maximum Gasteiger partial charge on any atom is 0.507 e. The minimum absolute atomic E-state index is 0.373. The van der Waals surface area contributed by atoms with E-state index >= 15 is 0 Å². The molecular formula is C8H10N2O3. The lowest BCUT2D eigenvalue weighted by Gasteiger charge is -2.21. The highest BCUT2D eigenvalue weighted by Crippen LogP contribution is 2.15. The van der Waals surface area contributed by atoms with Crippen LogP contribution in [0.3, 0.4) is 0 Å². The molecule has 0 bridgehead atoms. The Hall–Kier alpha value is -1.62. The highest BCUT2D eigenvalue weighted by Gasteiger charge is 2.26. The average molecular weight is 182 g/mol. The molecule has 0 aromatic carbocycles. The van der Waals surface area contributed by atoms with Gasteiger partial charge >= 0.3 is 6.16 Å². The Balaban J connectivity index is 2.87. The maximum absolute atomic E-state index is 10.3. The molecule has 0 aliphatic rings. The van der Waals surface area contributed by atoms with Crippen LogP contribution in [0.1, 0.15) is 12.6 Å². The smallest absolute Gasteiger partial charge is 0.450 e. The number of aromatic nitrogens is 1. The molecule has 0 saturated carbocycles. The van der Waals surface area contributed by atoms with Crippen molar-refractivity contribution >= 4 is 6.16 Å². The molecule has 0 aliphatic carbocycles. The van der Waals surface area contributed by atoms with Crippen LogP contribution in [-0.2, 0) is 10.5 Å². The third kappa shape index (κ3) is 2.41. The minimum atomic E-state index is -1.42. The van der Waals surface area contributed by atoms with Crippen LogP contribution in [0.4, 0.5) is 4.79 Å². The molecular weight excluding hydrogens is 172 g/mol. The van der Waals surface area contributed by atoms with Crippen molar-refractivity contribution in [3.63, 3.8) is 0 Å². The van der Waals surface area contributed by atoms with E-state index < -0.39 is 11.9 Å². The summed E-state index contributed by atoms with van der Waals surface area (Å²) < 4.78 is 4.46. The lowest BCUT2D eigenvalue weighted by Crippen LogP contribution is -2.38. The van der Waals surface area contributed by atoms with Gasteiger partial charge in [-0.1, -0.05) is 6.07 Å². The summed E-state index contributed by atoms with van der Waals surface area (Å²) in [5, 5.41) is 8.38. The Bertz CT molecular complexity index is 298. The Morgan fingerprint density at radius 2 is 2.38 bits per heavy atom. The third-order valence-corrected chi connectivity index (χ3v) is 1.47. The molecule has 1 atom stereocenters. The van der Waals surface area contributed by atoms with Gasteiger partial charge in [0, 0.05) is 6.20 Å². The van der Waals surface area contributed by atoms with Crippen LogP contribution in [0, 0.1) is 0 Å². The highest BCUT2D eigenvalue weighted by atomic mass is 16.7. The van der Waals surface area contributed by atoms with E-state index in [1.54, 1.807) is 18.2 Å². The van der Waals surface area contributed by atoms with E-state index in [1.165, 1.54) is 13.1 Å². The number of nitrogens with zero attached hydrogens (tertiary/aromatic N) is 1. The van der Waals surface area contributed by atoms with Crippen LogP contribution in [0.5, 0.6) is 0 Å². The second kappa shape index (κ2) is 3.40. The predicted molar refractivity (Wildman–Crippen MR) is 44.9 cm³/mol. The fourth-order valence-corrected chi connectivity index (χ4v) is 0.890. The Morgan fingerprint density at radius 1 is 1.69 bits per heavy atom. The van der Waals surface area contributed by atoms with Crippen LogP contribution < -0.4 is 5.73 Å². The minimum Gasteiger partial charge on any atom is -0.450 e. The Morgan fingerprint density at radius 3 is 2.85 bits per heavy atom. The largest absolute Gasteiger partial charge is 0.507 e. The predicted octanol–water partition coefficient (Wildman–Crippen LogP) is 0.908. The summed E-state index contributed by atoms with van der Waals surface area (Å²) in [7, 11) is 0. The molecule has 1 heterocycles. The lowest BCUT2D eigenvalue weighted by molar-refractivity contribution is -0.00946. The van der Waals surface area contributed by atoms with Gasteiger partial charge in [-0.25, -0.2) is 4.79 Å². The SMILES string of the molecule is CC(N)(OC(=O)O)c1ccccn1. The zero-order valence-corrected chi connectivity index (χ0v) is 7.10. The van der Waals surface area contributed by atoms with Gasteiger partial charge in [-0.2, -0.15) is 0 Å². The summed E-state index contributed by atoms with van der Waals surface area (Å²) in [5.41, 5.74) is 4.55. The van der Waals surface area contributed by atoms with Gasteiger partial charge in [0.1, 0.15) is 0 Å². The summed E-state index contributed by atoms with van der Waals surface area (Å²) in [5.74, 6) is 0. The molecule has 5 nitrogen and oxygen atoms in total. The van der Waals surface area contributed by atoms with E-state index in [0.29, 0.717) is 5.69 Å². The quantitative estimate of drug-likeness (QED) is 0.524. The normalized spacial score (nSPS) is 14.6. The molecule has 0 fully saturated rings. The second-order valence-electron chi connectivity index (χ2n) is 2.69. The summed E-state index contributed by atoms with van der Waals surface area (Å²) in [6.07, 6.45) is 0.0988. The number of carboxylic acid groups (broad SMARTS) is 1. The van der Waals surface area contributed by atoms with Gasteiger partial charge in [0.25, 0.3) is 0 Å². The number of rotatable bonds is 2. The fourth-order valence-electron chi connectivity index (χ4n) is 0.890. The zero-order valence-electron chi connectivity index (χ0n) is 7.10. The van der Waals surface area contributed by atoms with Crippen molar-refractivity contribution in [2.75, 3.05) is 0 Å². The monoisotopic (exact) mass is 182 g/mol. The number of nitrogens with two attached hydrogens (primary N) is 1. The fraction of sp³-hybridized carbons (Fsp3) is 0.250. The first-order chi connectivity index (χ1) is 6.02. The molecule has 5 heteroatoms. The average Bonchev–Trinajstić information content (AvgIpc) is 2.04. The van der Waals surface area contributed by atoms with Gasteiger partial charge in [0.05, 0.1) is 5.69 Å². The number of carbonyl (C=O) groups is 1. The molecule has 0 amide bonds. The van der Waals surface area contributed by atoms with Crippen LogP contribution in [0.25, 0.3) is 0 Å². The molecule has 3 N–H and O–H groups in total. The summed E-state index contributed by atoms with van der Waals surface area (Å²) in [4.78, 5) is 14.1. The van der Waals surface area contributed by atoms with Crippen molar-refractivity contribution in [2.45, 2.75) is 12.6 Å². The van der Waals surface area contributed by atoms with E-state index in [9.17, 15) is 4.79 Å². The molecule has 1 unspecified atom stereocenters. The van der Waals surface area contributed by atoms with E-state index in [4.69, 9.17) is 10.8 Å². The van der Waals surface area contributed by atoms with E-state index in [1.807, 2.05) is 0 Å². The molecule has 1 aromatic heterocycles. The van der Waals surface area contributed by atoms with Gasteiger partial charge in [0.2, 0.25) is 5.72 Å². The van der Waals surface area contributed by atoms with E-state index in [-0.39, 0.29) is 0 Å². The van der Waals surface area contributed by atoms with Crippen molar-refractivity contribution < 1.29 is 14.6 Å². The van der Waals surface area contributed by atoms with Gasteiger partial charge in [-0.3, -0.25) is 10.7 Å². The third-order valence-electron chi connectivity index (χ3n) is 1.47. The van der Waals surface area contributed by atoms with E-state index in [2.05, 4.69) is 9.72 Å². The Labute approximate surface area is 75.2 Å². The molecule has 0 spiro atoms. The van der Waals surface area contributed by atoms with Gasteiger partial charge in [0.15, 0.2) is 0 Å². The van der Waals surface area contributed by atoms with Gasteiger partial charge in [-0.05, 0) is 19.1 Å². The standard InChI is InChI=1S/C8H10N2O3/c1-8(9,13-7(11)12)6-4-2-3-5-10-6/h2-5H,9H2,1H3,(H,11,12). The molecule has 0 aliphatic heterocycles. The lowest BCUT2D eigenvalue weighted by atomic mass is 10.2. The number of ether oxygens (including phenoxy) is 1. The van der Waals surface area contributed by atoms with Crippen molar-refractivity contribution in [1.82, 2.24) is 4.98 Å². The molecule has 70 valence electrons. The summed E-state index contributed by atoms with van der Waals surface area (Å²) in [6.45, 7) is 1.43. The molecule has 1 rings (SSSR count). The summed E-state index contributed by atoms with van der Waals surface area (Å²) >= 11 is 0. The molecule has 0 saturated heterocycles. The Kier molecular flexibility index (Phi) is 2.48. The van der Waals surface area contributed by atoms with Crippen molar-refractivity contribution in [2.24, 2.45) is 5.73 Å². The number of pyridine rings is 1. The topological polar surface area (TPSA) is 85.4 Å². The maximum atomic E-state index is 10.3. The van der Waals surface area contributed by atoms with Gasteiger partial charge in [-0.15, -0.1) is 0 Å². The first kappa shape index (κ1) is 9.47. The van der Waals surface area contributed by atoms with Crippen LogP contribution in [-0.4, -0.2) is 16.2 Å². The van der Waals surface area contributed by atoms with Crippen LogP contribution in [0.15, 0.2) is 24.4 Å².